The molecular weight excluding hydrogens is 234 g/mol. The lowest BCUT2D eigenvalue weighted by Crippen LogP contribution is -2.35. The van der Waals surface area contributed by atoms with Crippen molar-refractivity contribution in [2.75, 3.05) is 6.61 Å². The first kappa shape index (κ1) is 13.9. The number of nitrogens with zero attached hydrogens (tertiary/aromatic N) is 2. The predicted octanol–water partition coefficient (Wildman–Crippen LogP) is 1.91. The molecule has 18 heavy (non-hydrogen) atoms. The van der Waals surface area contributed by atoms with E-state index in [2.05, 4.69) is 0 Å². The molecule has 0 amide bonds. The minimum absolute atomic E-state index is 0.0219. The Morgan fingerprint density at radius 2 is 2.28 bits per heavy atom. The van der Waals surface area contributed by atoms with Crippen LogP contribution in [0.2, 0.25) is 0 Å². The molecular formula is C12H15N3O3. The molecule has 6 nitrogen and oxygen atoms in total. The molecule has 0 heterocycles. The van der Waals surface area contributed by atoms with Gasteiger partial charge in [-0.2, -0.15) is 5.26 Å². The number of aryl methyl sites for hydroxylation is 1. The maximum absolute atomic E-state index is 10.6. The van der Waals surface area contributed by atoms with Crippen molar-refractivity contribution < 1.29 is 9.66 Å². The molecule has 1 aromatic carbocycles. The standard InChI is InChI=1S/C12H15N3O3/c1-9-3-4-10(15(16)17)7-11(9)18-6-5-12(2,14)8-13/h3-4,7H,5-6,14H2,1-2H3. The van der Waals surface area contributed by atoms with Crippen molar-refractivity contribution in [2.24, 2.45) is 5.73 Å². The van der Waals surface area contributed by atoms with Crippen LogP contribution < -0.4 is 10.5 Å². The number of nitriles is 1. The summed E-state index contributed by atoms with van der Waals surface area (Å²) in [5.74, 6) is 0.443. The van der Waals surface area contributed by atoms with E-state index in [0.29, 0.717) is 12.2 Å². The second-order valence-corrected chi connectivity index (χ2v) is 4.33. The van der Waals surface area contributed by atoms with Crippen LogP contribution >= 0.6 is 0 Å². The first-order chi connectivity index (χ1) is 8.35. The zero-order valence-electron chi connectivity index (χ0n) is 10.3. The van der Waals surface area contributed by atoms with Crippen LogP contribution in [0.4, 0.5) is 5.69 Å². The number of non-ortho nitro benzene ring substituents is 1. The van der Waals surface area contributed by atoms with Crippen molar-refractivity contribution in [1.29, 1.82) is 5.26 Å². The van der Waals surface area contributed by atoms with Crippen LogP contribution in [-0.2, 0) is 0 Å². The highest BCUT2D eigenvalue weighted by Crippen LogP contribution is 2.24. The van der Waals surface area contributed by atoms with Gasteiger partial charge in [0.2, 0.25) is 0 Å². The van der Waals surface area contributed by atoms with E-state index < -0.39 is 10.5 Å². The largest absolute Gasteiger partial charge is 0.493 e. The first-order valence-corrected chi connectivity index (χ1v) is 5.44. The van der Waals surface area contributed by atoms with E-state index in [1.807, 2.05) is 6.07 Å². The lowest BCUT2D eigenvalue weighted by molar-refractivity contribution is -0.384. The van der Waals surface area contributed by atoms with Gasteiger partial charge in [0.1, 0.15) is 11.3 Å². The number of hydrogen-bond acceptors (Lipinski definition) is 5. The lowest BCUT2D eigenvalue weighted by atomic mass is 10.0. The Hall–Kier alpha value is -2.13. The summed E-state index contributed by atoms with van der Waals surface area (Å²) in [5.41, 5.74) is 5.48. The predicted molar refractivity (Wildman–Crippen MR) is 66.2 cm³/mol. The average Bonchev–Trinajstić information content (AvgIpc) is 2.31. The Labute approximate surface area is 105 Å². The summed E-state index contributed by atoms with van der Waals surface area (Å²) in [5, 5.41) is 19.4. The van der Waals surface area contributed by atoms with E-state index in [9.17, 15) is 10.1 Å². The molecule has 2 N–H and O–H groups in total. The van der Waals surface area contributed by atoms with Gasteiger partial charge in [-0.3, -0.25) is 10.1 Å². The van der Waals surface area contributed by atoms with Gasteiger partial charge in [0, 0.05) is 12.5 Å². The van der Waals surface area contributed by atoms with E-state index in [-0.39, 0.29) is 12.3 Å². The topological polar surface area (TPSA) is 102 Å². The van der Waals surface area contributed by atoms with Crippen LogP contribution in [-0.4, -0.2) is 17.1 Å². The summed E-state index contributed by atoms with van der Waals surface area (Å²) in [6.07, 6.45) is 0.353. The smallest absolute Gasteiger partial charge is 0.273 e. The second kappa shape index (κ2) is 5.47. The van der Waals surface area contributed by atoms with Crippen LogP contribution in [0.5, 0.6) is 5.75 Å². The van der Waals surface area contributed by atoms with Crippen molar-refractivity contribution in [2.45, 2.75) is 25.8 Å². The van der Waals surface area contributed by atoms with Gasteiger partial charge < -0.3 is 10.5 Å². The SMILES string of the molecule is Cc1ccc([N+](=O)[O-])cc1OCCC(C)(N)C#N. The highest BCUT2D eigenvalue weighted by atomic mass is 16.6. The van der Waals surface area contributed by atoms with E-state index in [4.69, 9.17) is 15.7 Å². The molecule has 96 valence electrons. The third-order valence-corrected chi connectivity index (χ3v) is 2.52. The zero-order valence-corrected chi connectivity index (χ0v) is 10.3. The van der Waals surface area contributed by atoms with Gasteiger partial charge in [-0.05, 0) is 25.5 Å². The summed E-state index contributed by atoms with van der Waals surface area (Å²) < 4.78 is 5.43. The highest BCUT2D eigenvalue weighted by molar-refractivity contribution is 5.43. The monoisotopic (exact) mass is 249 g/mol. The molecule has 0 aliphatic heterocycles. The van der Waals surface area contributed by atoms with E-state index >= 15 is 0 Å². The normalized spacial score (nSPS) is 13.4. The van der Waals surface area contributed by atoms with Crippen LogP contribution in [0.15, 0.2) is 18.2 Å². The molecule has 6 heteroatoms. The Morgan fingerprint density at radius 1 is 1.61 bits per heavy atom. The Bertz CT molecular complexity index is 492. The zero-order chi connectivity index (χ0) is 13.8. The number of nitrogens with two attached hydrogens (primary N) is 1. The maximum Gasteiger partial charge on any atom is 0.273 e. The fraction of sp³-hybridized carbons (Fsp3) is 0.417. The molecule has 0 saturated heterocycles. The van der Waals surface area contributed by atoms with Gasteiger partial charge >= 0.3 is 0 Å². The molecule has 1 unspecified atom stereocenters. The fourth-order valence-corrected chi connectivity index (χ4v) is 1.29. The van der Waals surface area contributed by atoms with Gasteiger partial charge in [-0.15, -0.1) is 0 Å². The highest BCUT2D eigenvalue weighted by Gasteiger charge is 2.17. The van der Waals surface area contributed by atoms with Gasteiger partial charge in [-0.1, -0.05) is 0 Å². The third-order valence-electron chi connectivity index (χ3n) is 2.52. The van der Waals surface area contributed by atoms with Crippen LogP contribution in [0.3, 0.4) is 0 Å². The summed E-state index contributed by atoms with van der Waals surface area (Å²) in [7, 11) is 0. The van der Waals surface area contributed by atoms with E-state index in [0.717, 1.165) is 5.56 Å². The third kappa shape index (κ3) is 3.71. The Balaban J connectivity index is 2.71. The number of rotatable bonds is 5. The lowest BCUT2D eigenvalue weighted by Gasteiger charge is -2.16. The summed E-state index contributed by atoms with van der Waals surface area (Å²) in [4.78, 5) is 10.2. The molecule has 1 aromatic rings. The maximum atomic E-state index is 10.6. The van der Waals surface area contributed by atoms with Crippen LogP contribution in [0.1, 0.15) is 18.9 Å². The Morgan fingerprint density at radius 3 is 2.83 bits per heavy atom. The van der Waals surface area contributed by atoms with Crippen molar-refractivity contribution in [3.05, 3.63) is 33.9 Å². The first-order valence-electron chi connectivity index (χ1n) is 5.44. The molecule has 0 aliphatic carbocycles. The van der Waals surface area contributed by atoms with Crippen molar-refractivity contribution in [1.82, 2.24) is 0 Å². The van der Waals surface area contributed by atoms with Gasteiger partial charge in [0.25, 0.3) is 5.69 Å². The number of nitro groups is 1. The molecule has 0 aliphatic rings. The summed E-state index contributed by atoms with van der Waals surface area (Å²) in [6, 6.07) is 6.38. The summed E-state index contributed by atoms with van der Waals surface area (Å²) >= 11 is 0. The molecule has 0 aromatic heterocycles. The second-order valence-electron chi connectivity index (χ2n) is 4.33. The Kier molecular flexibility index (Phi) is 4.23. The minimum Gasteiger partial charge on any atom is -0.493 e. The van der Waals surface area contributed by atoms with Crippen LogP contribution in [0, 0.1) is 28.4 Å². The van der Waals surface area contributed by atoms with Crippen molar-refractivity contribution >= 4 is 5.69 Å². The van der Waals surface area contributed by atoms with E-state index in [1.54, 1.807) is 19.9 Å². The van der Waals surface area contributed by atoms with Crippen molar-refractivity contribution in [3.63, 3.8) is 0 Å². The molecule has 0 fully saturated rings. The van der Waals surface area contributed by atoms with Crippen LogP contribution in [0.25, 0.3) is 0 Å². The molecule has 0 bridgehead atoms. The van der Waals surface area contributed by atoms with Gasteiger partial charge in [-0.25, -0.2) is 0 Å². The number of hydrogen-bond donors (Lipinski definition) is 1. The molecule has 1 atom stereocenters. The molecule has 0 spiro atoms. The number of benzene rings is 1. The quantitative estimate of drug-likeness (QED) is 0.634. The number of nitro benzene ring substituents is 1. The molecule has 0 saturated carbocycles. The summed E-state index contributed by atoms with van der Waals surface area (Å²) in [6.45, 7) is 3.64. The average molecular weight is 249 g/mol. The number of ether oxygens (including phenoxy) is 1. The molecule has 0 radical (unpaired) electrons. The molecule has 1 rings (SSSR count). The van der Waals surface area contributed by atoms with Crippen molar-refractivity contribution in [3.8, 4) is 11.8 Å². The minimum atomic E-state index is -0.950. The fourth-order valence-electron chi connectivity index (χ4n) is 1.29. The van der Waals surface area contributed by atoms with Gasteiger partial charge in [0.15, 0.2) is 0 Å². The van der Waals surface area contributed by atoms with E-state index in [1.165, 1.54) is 12.1 Å². The van der Waals surface area contributed by atoms with Gasteiger partial charge in [0.05, 0.1) is 23.7 Å².